The van der Waals surface area contributed by atoms with Crippen molar-refractivity contribution in [3.05, 3.63) is 58.6 Å². The van der Waals surface area contributed by atoms with Gasteiger partial charge in [-0.3, -0.25) is 4.79 Å². The van der Waals surface area contributed by atoms with E-state index in [1.54, 1.807) is 43.3 Å². The van der Waals surface area contributed by atoms with E-state index < -0.39 is 15.9 Å². The van der Waals surface area contributed by atoms with Crippen LogP contribution in [0.5, 0.6) is 0 Å². The van der Waals surface area contributed by atoms with Gasteiger partial charge in [-0.25, -0.2) is 8.42 Å². The molecule has 128 valence electrons. The topological polar surface area (TPSA) is 66.5 Å². The highest BCUT2D eigenvalue weighted by Gasteiger charge is 2.24. The number of amides is 1. The first-order valence-electron chi connectivity index (χ1n) is 7.29. The molecule has 0 aliphatic carbocycles. The van der Waals surface area contributed by atoms with E-state index in [1.807, 2.05) is 13.0 Å². The molecule has 0 saturated carbocycles. The van der Waals surface area contributed by atoms with Crippen LogP contribution in [0.4, 0.5) is 5.69 Å². The highest BCUT2D eigenvalue weighted by Crippen LogP contribution is 2.20. The number of benzene rings is 2. The number of halogens is 1. The molecule has 7 heteroatoms. The van der Waals surface area contributed by atoms with Crippen LogP contribution in [0.3, 0.4) is 0 Å². The van der Waals surface area contributed by atoms with Crippen molar-refractivity contribution in [3.8, 4) is 0 Å². The van der Waals surface area contributed by atoms with E-state index in [9.17, 15) is 13.2 Å². The highest BCUT2D eigenvalue weighted by molar-refractivity contribution is 7.89. The lowest BCUT2D eigenvalue weighted by Gasteiger charge is -2.18. The zero-order valence-corrected chi connectivity index (χ0v) is 15.3. The molecule has 0 heterocycles. The summed E-state index contributed by atoms with van der Waals surface area (Å²) < 4.78 is 26.4. The van der Waals surface area contributed by atoms with Gasteiger partial charge >= 0.3 is 0 Å². The van der Waals surface area contributed by atoms with Gasteiger partial charge in [-0.05, 0) is 49.2 Å². The Bertz CT molecular complexity index is 866. The SMILES string of the molecule is Cc1ccc(C)c(S(=O)(=O)N(C)CC(=O)Nc2cccc(Cl)c2)c1. The monoisotopic (exact) mass is 366 g/mol. The molecule has 0 spiro atoms. The summed E-state index contributed by atoms with van der Waals surface area (Å²) in [5, 5.41) is 3.12. The summed E-state index contributed by atoms with van der Waals surface area (Å²) in [5.74, 6) is -0.436. The van der Waals surface area contributed by atoms with Gasteiger partial charge < -0.3 is 5.32 Å². The lowest BCUT2D eigenvalue weighted by atomic mass is 10.2. The van der Waals surface area contributed by atoms with Crippen molar-refractivity contribution in [2.75, 3.05) is 18.9 Å². The largest absolute Gasteiger partial charge is 0.325 e. The first-order chi connectivity index (χ1) is 11.2. The zero-order valence-electron chi connectivity index (χ0n) is 13.7. The third-order valence-corrected chi connectivity index (χ3v) is 5.69. The Morgan fingerprint density at radius 1 is 1.17 bits per heavy atom. The summed E-state index contributed by atoms with van der Waals surface area (Å²) in [4.78, 5) is 12.3. The average molecular weight is 367 g/mol. The Labute approximate surface area is 147 Å². The fourth-order valence-corrected chi connectivity index (χ4v) is 3.83. The standard InChI is InChI=1S/C17H19ClN2O3S/c1-12-7-8-13(2)16(9-12)24(22,23)20(3)11-17(21)19-15-6-4-5-14(18)10-15/h4-10H,11H2,1-3H3,(H,19,21). The van der Waals surface area contributed by atoms with Crippen molar-refractivity contribution < 1.29 is 13.2 Å². The van der Waals surface area contributed by atoms with E-state index in [-0.39, 0.29) is 11.4 Å². The molecule has 0 atom stereocenters. The number of nitrogens with zero attached hydrogens (tertiary/aromatic N) is 1. The van der Waals surface area contributed by atoms with Crippen LogP contribution in [0.25, 0.3) is 0 Å². The molecule has 0 radical (unpaired) electrons. The zero-order chi connectivity index (χ0) is 17.9. The molecular formula is C17H19ClN2O3S. The van der Waals surface area contributed by atoms with Gasteiger partial charge in [-0.1, -0.05) is 29.8 Å². The number of carbonyl (C=O) groups excluding carboxylic acids is 1. The van der Waals surface area contributed by atoms with Gasteiger partial charge in [0, 0.05) is 17.8 Å². The van der Waals surface area contributed by atoms with Gasteiger partial charge in [0.05, 0.1) is 11.4 Å². The maximum atomic E-state index is 12.7. The fraction of sp³-hybridized carbons (Fsp3) is 0.235. The summed E-state index contributed by atoms with van der Waals surface area (Å²) >= 11 is 5.86. The van der Waals surface area contributed by atoms with Crippen LogP contribution in [-0.4, -0.2) is 32.2 Å². The second-order valence-electron chi connectivity index (χ2n) is 5.59. The number of nitrogens with one attached hydrogen (secondary N) is 1. The van der Waals surface area contributed by atoms with Crippen LogP contribution in [0.2, 0.25) is 5.02 Å². The molecule has 24 heavy (non-hydrogen) atoms. The Morgan fingerprint density at radius 2 is 1.88 bits per heavy atom. The number of anilines is 1. The van der Waals surface area contributed by atoms with Crippen molar-refractivity contribution in [2.45, 2.75) is 18.7 Å². The summed E-state index contributed by atoms with van der Waals surface area (Å²) in [5.41, 5.74) is 2.00. The summed E-state index contributed by atoms with van der Waals surface area (Å²) in [6.45, 7) is 3.26. The second kappa shape index (κ2) is 7.34. The molecule has 2 aromatic carbocycles. The summed E-state index contributed by atoms with van der Waals surface area (Å²) in [6, 6.07) is 11.9. The minimum atomic E-state index is -3.74. The molecule has 1 amide bonds. The lowest BCUT2D eigenvalue weighted by molar-refractivity contribution is -0.116. The van der Waals surface area contributed by atoms with Crippen molar-refractivity contribution in [2.24, 2.45) is 0 Å². The lowest BCUT2D eigenvalue weighted by Crippen LogP contribution is -2.35. The number of likely N-dealkylation sites (N-methyl/N-ethyl adjacent to an activating group) is 1. The van der Waals surface area contributed by atoms with Gasteiger partial charge in [-0.2, -0.15) is 4.31 Å². The summed E-state index contributed by atoms with van der Waals surface area (Å²) in [6.07, 6.45) is 0. The van der Waals surface area contributed by atoms with Crippen LogP contribution in [0.1, 0.15) is 11.1 Å². The van der Waals surface area contributed by atoms with Gasteiger partial charge in [0.25, 0.3) is 0 Å². The van der Waals surface area contributed by atoms with Crippen molar-refractivity contribution in [3.63, 3.8) is 0 Å². The first-order valence-corrected chi connectivity index (χ1v) is 9.11. The van der Waals surface area contributed by atoms with Crippen LogP contribution in [0.15, 0.2) is 47.4 Å². The molecule has 0 saturated heterocycles. The minimum absolute atomic E-state index is 0.209. The molecule has 5 nitrogen and oxygen atoms in total. The third-order valence-electron chi connectivity index (χ3n) is 3.51. The maximum Gasteiger partial charge on any atom is 0.243 e. The molecule has 0 fully saturated rings. The van der Waals surface area contributed by atoms with Gasteiger partial charge in [0.1, 0.15) is 0 Å². The van der Waals surface area contributed by atoms with Crippen molar-refractivity contribution in [1.82, 2.24) is 4.31 Å². The predicted octanol–water partition coefficient (Wildman–Crippen LogP) is 3.22. The fourth-order valence-electron chi connectivity index (χ4n) is 2.21. The Morgan fingerprint density at radius 3 is 2.54 bits per heavy atom. The minimum Gasteiger partial charge on any atom is -0.325 e. The Kier molecular flexibility index (Phi) is 5.64. The van der Waals surface area contributed by atoms with E-state index in [2.05, 4.69) is 5.32 Å². The quantitative estimate of drug-likeness (QED) is 0.883. The highest BCUT2D eigenvalue weighted by atomic mass is 35.5. The molecule has 2 rings (SSSR count). The van der Waals surface area contributed by atoms with Gasteiger partial charge in [0.2, 0.25) is 15.9 Å². The average Bonchev–Trinajstić information content (AvgIpc) is 2.49. The Balaban J connectivity index is 2.14. The Hall–Kier alpha value is -1.89. The molecule has 0 aromatic heterocycles. The number of carbonyl (C=O) groups is 1. The molecule has 0 unspecified atom stereocenters. The molecule has 0 aliphatic heterocycles. The van der Waals surface area contributed by atoms with E-state index in [4.69, 9.17) is 11.6 Å². The third kappa shape index (κ3) is 4.35. The van der Waals surface area contributed by atoms with Crippen LogP contribution in [-0.2, 0) is 14.8 Å². The van der Waals surface area contributed by atoms with E-state index in [0.29, 0.717) is 16.3 Å². The van der Waals surface area contributed by atoms with Gasteiger partial charge in [0.15, 0.2) is 0 Å². The molecular weight excluding hydrogens is 348 g/mol. The number of sulfonamides is 1. The molecule has 0 bridgehead atoms. The van der Waals surface area contributed by atoms with Crippen molar-refractivity contribution >= 4 is 33.2 Å². The smallest absolute Gasteiger partial charge is 0.243 e. The van der Waals surface area contributed by atoms with E-state index >= 15 is 0 Å². The normalized spacial score (nSPS) is 11.5. The number of hydrogen-bond donors (Lipinski definition) is 1. The molecule has 1 N–H and O–H groups in total. The first kappa shape index (κ1) is 18.4. The van der Waals surface area contributed by atoms with Crippen LogP contribution in [0, 0.1) is 13.8 Å². The summed E-state index contributed by atoms with van der Waals surface area (Å²) in [7, 11) is -2.36. The predicted molar refractivity (Wildman–Crippen MR) is 95.8 cm³/mol. The molecule has 2 aromatic rings. The van der Waals surface area contributed by atoms with E-state index in [1.165, 1.54) is 7.05 Å². The van der Waals surface area contributed by atoms with Crippen LogP contribution >= 0.6 is 11.6 Å². The number of aryl methyl sites for hydroxylation is 2. The number of rotatable bonds is 5. The van der Waals surface area contributed by atoms with E-state index in [0.717, 1.165) is 9.87 Å². The van der Waals surface area contributed by atoms with Crippen LogP contribution < -0.4 is 5.32 Å². The van der Waals surface area contributed by atoms with Gasteiger partial charge in [-0.15, -0.1) is 0 Å². The molecule has 0 aliphatic rings. The maximum absolute atomic E-state index is 12.7. The second-order valence-corrected chi connectivity index (χ2v) is 8.04. The number of hydrogen-bond acceptors (Lipinski definition) is 3. The van der Waals surface area contributed by atoms with Crippen molar-refractivity contribution in [1.29, 1.82) is 0 Å².